The van der Waals surface area contributed by atoms with Gasteiger partial charge in [-0.3, -0.25) is 0 Å². The molecule has 0 atom stereocenters. The summed E-state index contributed by atoms with van der Waals surface area (Å²) in [7, 11) is 0. The molecule has 0 aliphatic carbocycles. The lowest BCUT2D eigenvalue weighted by Gasteiger charge is -2.19. The molecule has 5 nitrogen and oxygen atoms in total. The van der Waals surface area contributed by atoms with Crippen LogP contribution in [0.5, 0.6) is 0 Å². The highest BCUT2D eigenvalue weighted by atomic mass is 19.4. The number of anilines is 1. The molecule has 0 fully saturated rings. The second kappa shape index (κ2) is 6.02. The highest BCUT2D eigenvalue weighted by Gasteiger charge is 2.29. The molecule has 3 rings (SSSR count). The fourth-order valence-corrected chi connectivity index (χ4v) is 3.17. The predicted molar refractivity (Wildman–Crippen MR) is 89.7 cm³/mol. The Labute approximate surface area is 142 Å². The van der Waals surface area contributed by atoms with Crippen LogP contribution in [0.4, 0.5) is 19.0 Å². The number of nitrogens with zero attached hydrogens (tertiary/aromatic N) is 4. The van der Waals surface area contributed by atoms with Gasteiger partial charge in [-0.05, 0) is 44.4 Å². The summed E-state index contributed by atoms with van der Waals surface area (Å²) in [5.41, 5.74) is 5.10. The zero-order chi connectivity index (χ0) is 18.4. The van der Waals surface area contributed by atoms with Crippen molar-refractivity contribution in [1.82, 2.24) is 19.6 Å². The number of hydrogen-bond donors (Lipinski definition) is 1. The standard InChI is InChI=1S/C17H18F3N5/c1-9-5-10(2)13(11(3)6-9)14-12(4)24-16-22-8-23-25(16)15(14)21-7-17(18,19)20/h5-6,8,21H,7H2,1-4H3. The van der Waals surface area contributed by atoms with Gasteiger partial charge in [0.15, 0.2) is 0 Å². The monoisotopic (exact) mass is 349 g/mol. The van der Waals surface area contributed by atoms with Crippen LogP contribution in [-0.2, 0) is 0 Å². The number of hydrogen-bond acceptors (Lipinski definition) is 4. The molecule has 0 radical (unpaired) electrons. The molecule has 2 heterocycles. The van der Waals surface area contributed by atoms with Gasteiger partial charge in [-0.1, -0.05) is 17.7 Å². The normalized spacial score (nSPS) is 12.0. The van der Waals surface area contributed by atoms with Crippen molar-refractivity contribution in [3.05, 3.63) is 40.8 Å². The van der Waals surface area contributed by atoms with Gasteiger partial charge in [0.1, 0.15) is 18.7 Å². The lowest BCUT2D eigenvalue weighted by molar-refractivity contribution is -0.115. The van der Waals surface area contributed by atoms with Gasteiger partial charge < -0.3 is 5.32 Å². The van der Waals surface area contributed by atoms with E-state index in [4.69, 9.17) is 0 Å². The van der Waals surface area contributed by atoms with E-state index in [-0.39, 0.29) is 11.6 Å². The summed E-state index contributed by atoms with van der Waals surface area (Å²) in [5, 5.41) is 6.52. The van der Waals surface area contributed by atoms with Crippen LogP contribution < -0.4 is 5.32 Å². The van der Waals surface area contributed by atoms with Gasteiger partial charge in [0, 0.05) is 5.56 Å². The third-order valence-electron chi connectivity index (χ3n) is 3.99. The Balaban J connectivity index is 2.29. The number of aromatic nitrogens is 4. The van der Waals surface area contributed by atoms with E-state index in [2.05, 4.69) is 20.4 Å². The van der Waals surface area contributed by atoms with E-state index in [0.717, 1.165) is 22.3 Å². The van der Waals surface area contributed by atoms with Gasteiger partial charge in [0.05, 0.1) is 5.69 Å². The predicted octanol–water partition coefficient (Wildman–Crippen LogP) is 4.00. The van der Waals surface area contributed by atoms with Crippen molar-refractivity contribution in [2.45, 2.75) is 33.9 Å². The third kappa shape index (κ3) is 3.29. The van der Waals surface area contributed by atoms with Crippen molar-refractivity contribution in [3.63, 3.8) is 0 Å². The summed E-state index contributed by atoms with van der Waals surface area (Å²) in [6.07, 6.45) is -3.07. The summed E-state index contributed by atoms with van der Waals surface area (Å²) >= 11 is 0. The van der Waals surface area contributed by atoms with Crippen molar-refractivity contribution in [1.29, 1.82) is 0 Å². The van der Waals surface area contributed by atoms with E-state index in [0.29, 0.717) is 11.3 Å². The molecule has 132 valence electrons. The minimum absolute atomic E-state index is 0.243. The van der Waals surface area contributed by atoms with Gasteiger partial charge >= 0.3 is 6.18 Å². The number of aryl methyl sites for hydroxylation is 4. The van der Waals surface area contributed by atoms with Crippen LogP contribution in [0, 0.1) is 27.7 Å². The molecule has 3 aromatic rings. The van der Waals surface area contributed by atoms with Crippen LogP contribution in [-0.4, -0.2) is 32.3 Å². The Hall–Kier alpha value is -2.64. The van der Waals surface area contributed by atoms with E-state index < -0.39 is 12.7 Å². The minimum atomic E-state index is -4.35. The zero-order valence-corrected chi connectivity index (χ0v) is 14.4. The average Bonchev–Trinajstić information content (AvgIpc) is 2.92. The van der Waals surface area contributed by atoms with Gasteiger partial charge in [0.2, 0.25) is 0 Å². The quantitative estimate of drug-likeness (QED) is 0.777. The van der Waals surface area contributed by atoms with Crippen LogP contribution in [0.3, 0.4) is 0 Å². The number of fused-ring (bicyclic) bond motifs is 1. The zero-order valence-electron chi connectivity index (χ0n) is 14.4. The first-order valence-electron chi connectivity index (χ1n) is 7.76. The maximum absolute atomic E-state index is 12.8. The van der Waals surface area contributed by atoms with Crippen LogP contribution in [0.15, 0.2) is 18.5 Å². The summed E-state index contributed by atoms with van der Waals surface area (Å²) in [6, 6.07) is 4.00. The molecular formula is C17H18F3N5. The molecule has 8 heteroatoms. The Morgan fingerprint density at radius 3 is 2.28 bits per heavy atom. The number of alkyl halides is 3. The van der Waals surface area contributed by atoms with Crippen LogP contribution in [0.25, 0.3) is 16.9 Å². The summed E-state index contributed by atoms with van der Waals surface area (Å²) in [5.74, 6) is 0.501. The van der Waals surface area contributed by atoms with E-state index >= 15 is 0 Å². The van der Waals surface area contributed by atoms with Gasteiger partial charge in [0.25, 0.3) is 5.78 Å². The molecule has 25 heavy (non-hydrogen) atoms. The SMILES string of the molecule is Cc1cc(C)c(-c2c(C)nc3ncnn3c2NCC(F)(F)F)c(C)c1. The molecule has 1 N–H and O–H groups in total. The first-order chi connectivity index (χ1) is 11.7. The summed E-state index contributed by atoms with van der Waals surface area (Å²) in [4.78, 5) is 8.39. The number of rotatable bonds is 3. The van der Waals surface area contributed by atoms with E-state index in [1.54, 1.807) is 6.92 Å². The number of nitrogens with one attached hydrogen (secondary N) is 1. The Kier molecular flexibility index (Phi) is 4.14. The Morgan fingerprint density at radius 1 is 1.04 bits per heavy atom. The highest BCUT2D eigenvalue weighted by Crippen LogP contribution is 2.36. The van der Waals surface area contributed by atoms with Crippen LogP contribution in [0.2, 0.25) is 0 Å². The molecule has 0 saturated carbocycles. The molecule has 1 aromatic carbocycles. The fraction of sp³-hybridized carbons (Fsp3) is 0.353. The molecule has 0 spiro atoms. The second-order valence-corrected chi connectivity index (χ2v) is 6.14. The van der Waals surface area contributed by atoms with E-state index in [1.165, 1.54) is 10.8 Å². The molecule has 0 bridgehead atoms. The first kappa shape index (κ1) is 17.2. The van der Waals surface area contributed by atoms with E-state index in [9.17, 15) is 13.2 Å². The molecule has 0 saturated heterocycles. The first-order valence-corrected chi connectivity index (χ1v) is 7.76. The number of halogens is 3. The van der Waals surface area contributed by atoms with Gasteiger partial charge in [-0.25, -0.2) is 4.98 Å². The molecule has 0 unspecified atom stereocenters. The maximum Gasteiger partial charge on any atom is 0.405 e. The van der Waals surface area contributed by atoms with Crippen LogP contribution >= 0.6 is 0 Å². The largest absolute Gasteiger partial charge is 0.405 e. The fourth-order valence-electron chi connectivity index (χ4n) is 3.17. The third-order valence-corrected chi connectivity index (χ3v) is 3.99. The van der Waals surface area contributed by atoms with Crippen molar-refractivity contribution in [3.8, 4) is 11.1 Å². The van der Waals surface area contributed by atoms with Crippen molar-refractivity contribution in [2.24, 2.45) is 0 Å². The summed E-state index contributed by atoms with van der Waals surface area (Å²) in [6.45, 7) is 6.46. The van der Waals surface area contributed by atoms with E-state index in [1.807, 2.05) is 32.9 Å². The molecular weight excluding hydrogens is 331 g/mol. The Morgan fingerprint density at radius 2 is 1.68 bits per heavy atom. The smallest absolute Gasteiger partial charge is 0.360 e. The maximum atomic E-state index is 12.8. The Bertz CT molecular complexity index is 920. The van der Waals surface area contributed by atoms with Crippen LogP contribution in [0.1, 0.15) is 22.4 Å². The minimum Gasteiger partial charge on any atom is -0.360 e. The number of benzene rings is 1. The average molecular weight is 349 g/mol. The molecule has 0 aliphatic rings. The molecule has 2 aromatic heterocycles. The topological polar surface area (TPSA) is 55.1 Å². The van der Waals surface area contributed by atoms with Gasteiger partial charge in [-0.15, -0.1) is 0 Å². The highest BCUT2D eigenvalue weighted by molar-refractivity contribution is 5.83. The lowest BCUT2D eigenvalue weighted by Crippen LogP contribution is -2.23. The second-order valence-electron chi connectivity index (χ2n) is 6.14. The van der Waals surface area contributed by atoms with Crippen molar-refractivity contribution in [2.75, 3.05) is 11.9 Å². The molecule has 0 amide bonds. The molecule has 0 aliphatic heterocycles. The van der Waals surface area contributed by atoms with Crippen molar-refractivity contribution < 1.29 is 13.2 Å². The summed E-state index contributed by atoms with van der Waals surface area (Å²) < 4.78 is 39.7. The van der Waals surface area contributed by atoms with Gasteiger partial charge in [-0.2, -0.15) is 27.8 Å². The van der Waals surface area contributed by atoms with Crippen molar-refractivity contribution >= 4 is 11.6 Å². The lowest BCUT2D eigenvalue weighted by atomic mass is 9.93.